The Morgan fingerprint density at radius 3 is 2.62 bits per heavy atom. The molecule has 1 aromatic rings. The van der Waals surface area contributed by atoms with E-state index in [0.717, 1.165) is 5.56 Å². The SMILES string of the molecule is CC#CCCC(C(=O)O)(C(=O)OCC)c1cccc(C)c1. The van der Waals surface area contributed by atoms with E-state index in [1.807, 2.05) is 13.0 Å². The minimum absolute atomic E-state index is 0.0888. The van der Waals surface area contributed by atoms with Gasteiger partial charge in [0.25, 0.3) is 0 Å². The summed E-state index contributed by atoms with van der Waals surface area (Å²) in [6.45, 7) is 5.33. The van der Waals surface area contributed by atoms with Crippen molar-refractivity contribution in [3.05, 3.63) is 35.4 Å². The second-order valence-electron chi connectivity index (χ2n) is 4.73. The van der Waals surface area contributed by atoms with Crippen LogP contribution in [-0.4, -0.2) is 23.7 Å². The van der Waals surface area contributed by atoms with Crippen LogP contribution < -0.4 is 0 Å². The molecule has 0 saturated heterocycles. The number of esters is 1. The normalized spacial score (nSPS) is 12.7. The molecule has 4 heteroatoms. The average molecular weight is 288 g/mol. The molecule has 112 valence electrons. The van der Waals surface area contributed by atoms with Crippen molar-refractivity contribution in [1.82, 2.24) is 0 Å². The van der Waals surface area contributed by atoms with Crippen LogP contribution in [-0.2, 0) is 19.7 Å². The van der Waals surface area contributed by atoms with Crippen molar-refractivity contribution >= 4 is 11.9 Å². The molecule has 0 saturated carbocycles. The highest BCUT2D eigenvalue weighted by Gasteiger charge is 2.48. The van der Waals surface area contributed by atoms with Gasteiger partial charge in [-0.15, -0.1) is 11.8 Å². The van der Waals surface area contributed by atoms with Crippen LogP contribution >= 0.6 is 0 Å². The molecular formula is C17H20O4. The van der Waals surface area contributed by atoms with Gasteiger partial charge in [-0.1, -0.05) is 29.8 Å². The summed E-state index contributed by atoms with van der Waals surface area (Å²) in [5.41, 5.74) is -0.373. The second-order valence-corrected chi connectivity index (χ2v) is 4.73. The summed E-state index contributed by atoms with van der Waals surface area (Å²) in [5, 5.41) is 9.72. The molecule has 21 heavy (non-hydrogen) atoms. The van der Waals surface area contributed by atoms with Crippen LogP contribution in [0.2, 0.25) is 0 Å². The van der Waals surface area contributed by atoms with E-state index in [0.29, 0.717) is 12.0 Å². The Morgan fingerprint density at radius 2 is 2.10 bits per heavy atom. The number of benzene rings is 1. The minimum atomic E-state index is -1.70. The third-order valence-electron chi connectivity index (χ3n) is 3.30. The van der Waals surface area contributed by atoms with E-state index in [9.17, 15) is 14.7 Å². The summed E-state index contributed by atoms with van der Waals surface area (Å²) in [6.07, 6.45) is 0.404. The second kappa shape index (κ2) is 7.49. The molecule has 0 bridgehead atoms. The summed E-state index contributed by atoms with van der Waals surface area (Å²) in [5.74, 6) is 3.60. The first kappa shape index (κ1) is 16.8. The van der Waals surface area contributed by atoms with Gasteiger partial charge < -0.3 is 9.84 Å². The lowest BCUT2D eigenvalue weighted by Gasteiger charge is -2.27. The van der Waals surface area contributed by atoms with E-state index in [2.05, 4.69) is 11.8 Å². The molecule has 0 fully saturated rings. The predicted molar refractivity (Wildman–Crippen MR) is 79.8 cm³/mol. The molecule has 0 aliphatic carbocycles. The van der Waals surface area contributed by atoms with Gasteiger partial charge in [0.05, 0.1) is 6.61 Å². The Morgan fingerprint density at radius 1 is 1.38 bits per heavy atom. The van der Waals surface area contributed by atoms with Gasteiger partial charge >= 0.3 is 11.9 Å². The van der Waals surface area contributed by atoms with Crippen molar-refractivity contribution in [1.29, 1.82) is 0 Å². The van der Waals surface area contributed by atoms with Crippen molar-refractivity contribution in [3.63, 3.8) is 0 Å². The van der Waals surface area contributed by atoms with Crippen molar-refractivity contribution in [3.8, 4) is 11.8 Å². The number of carbonyl (C=O) groups is 2. The summed E-state index contributed by atoms with van der Waals surface area (Å²) in [4.78, 5) is 24.3. The zero-order valence-electron chi connectivity index (χ0n) is 12.6. The number of aliphatic carboxylic acids is 1. The molecule has 1 atom stereocenters. The van der Waals surface area contributed by atoms with Gasteiger partial charge in [0.2, 0.25) is 0 Å². The third-order valence-corrected chi connectivity index (χ3v) is 3.30. The highest BCUT2D eigenvalue weighted by atomic mass is 16.5. The smallest absolute Gasteiger partial charge is 0.328 e. The quantitative estimate of drug-likeness (QED) is 0.496. The fraction of sp³-hybridized carbons (Fsp3) is 0.412. The summed E-state index contributed by atoms with van der Waals surface area (Å²) in [7, 11) is 0. The maximum absolute atomic E-state index is 12.4. The number of ether oxygens (including phenoxy) is 1. The van der Waals surface area contributed by atoms with Crippen LogP contribution in [0.1, 0.15) is 37.8 Å². The summed E-state index contributed by atoms with van der Waals surface area (Å²) in [6, 6.07) is 6.96. The van der Waals surface area contributed by atoms with E-state index >= 15 is 0 Å². The molecular weight excluding hydrogens is 268 g/mol. The topological polar surface area (TPSA) is 63.6 Å². The van der Waals surface area contributed by atoms with E-state index in [1.165, 1.54) is 0 Å². The highest BCUT2D eigenvalue weighted by Crippen LogP contribution is 2.32. The van der Waals surface area contributed by atoms with Crippen molar-refractivity contribution in [2.45, 2.75) is 39.0 Å². The minimum Gasteiger partial charge on any atom is -0.480 e. The van der Waals surface area contributed by atoms with Crippen LogP contribution in [0, 0.1) is 18.8 Å². The molecule has 0 amide bonds. The molecule has 0 aromatic heterocycles. The number of hydrogen-bond donors (Lipinski definition) is 1. The van der Waals surface area contributed by atoms with Gasteiger partial charge in [0, 0.05) is 6.42 Å². The number of aryl methyl sites for hydroxylation is 1. The number of carbonyl (C=O) groups excluding carboxylic acids is 1. The Balaban J connectivity index is 3.38. The average Bonchev–Trinajstić information content (AvgIpc) is 2.43. The van der Waals surface area contributed by atoms with Crippen molar-refractivity contribution in [2.24, 2.45) is 0 Å². The third kappa shape index (κ3) is 3.63. The Kier molecular flexibility index (Phi) is 5.98. The molecule has 0 heterocycles. The molecule has 1 aromatic carbocycles. The molecule has 1 rings (SSSR count). The first-order valence-corrected chi connectivity index (χ1v) is 6.86. The number of carboxylic acids is 1. The predicted octanol–water partition coefficient (Wildman–Crippen LogP) is 2.68. The maximum atomic E-state index is 12.4. The van der Waals surface area contributed by atoms with Crippen LogP contribution in [0.5, 0.6) is 0 Å². The zero-order chi connectivity index (χ0) is 15.9. The van der Waals surface area contributed by atoms with E-state index < -0.39 is 17.4 Å². The molecule has 1 N–H and O–H groups in total. The lowest BCUT2D eigenvalue weighted by atomic mass is 9.76. The zero-order valence-corrected chi connectivity index (χ0v) is 12.6. The largest absolute Gasteiger partial charge is 0.480 e. The Labute approximate surface area is 125 Å². The summed E-state index contributed by atoms with van der Waals surface area (Å²) >= 11 is 0. The van der Waals surface area contributed by atoms with Gasteiger partial charge in [0.1, 0.15) is 0 Å². The number of carboxylic acid groups (broad SMARTS) is 1. The molecule has 0 aliphatic rings. The lowest BCUT2D eigenvalue weighted by Crippen LogP contribution is -2.45. The molecule has 4 nitrogen and oxygen atoms in total. The van der Waals surface area contributed by atoms with E-state index in [-0.39, 0.29) is 13.0 Å². The first-order chi connectivity index (χ1) is 9.98. The van der Waals surface area contributed by atoms with Gasteiger partial charge in [-0.3, -0.25) is 9.59 Å². The van der Waals surface area contributed by atoms with Gasteiger partial charge in [-0.05, 0) is 32.8 Å². The van der Waals surface area contributed by atoms with Crippen molar-refractivity contribution < 1.29 is 19.4 Å². The van der Waals surface area contributed by atoms with E-state index in [1.54, 1.807) is 32.0 Å². The number of hydrogen-bond acceptors (Lipinski definition) is 3. The van der Waals surface area contributed by atoms with Crippen LogP contribution in [0.15, 0.2) is 24.3 Å². The fourth-order valence-corrected chi connectivity index (χ4v) is 2.22. The maximum Gasteiger partial charge on any atom is 0.328 e. The highest BCUT2D eigenvalue weighted by molar-refractivity contribution is 6.05. The fourth-order valence-electron chi connectivity index (χ4n) is 2.22. The van der Waals surface area contributed by atoms with Gasteiger partial charge in [-0.2, -0.15) is 0 Å². The van der Waals surface area contributed by atoms with Crippen LogP contribution in [0.3, 0.4) is 0 Å². The number of rotatable bonds is 6. The standard InChI is InChI=1S/C17H20O4/c1-4-6-7-11-17(15(18)19,16(20)21-5-2)14-10-8-9-13(3)12-14/h8-10,12H,5,7,11H2,1-3H3,(H,18,19). The Bertz CT molecular complexity index is 580. The van der Waals surface area contributed by atoms with Crippen LogP contribution in [0.4, 0.5) is 0 Å². The van der Waals surface area contributed by atoms with Gasteiger partial charge in [-0.25, -0.2) is 0 Å². The summed E-state index contributed by atoms with van der Waals surface area (Å²) < 4.78 is 5.03. The lowest BCUT2D eigenvalue weighted by molar-refractivity contribution is -0.162. The monoisotopic (exact) mass is 288 g/mol. The Hall–Kier alpha value is -2.28. The van der Waals surface area contributed by atoms with Crippen molar-refractivity contribution in [2.75, 3.05) is 6.61 Å². The van der Waals surface area contributed by atoms with E-state index in [4.69, 9.17) is 4.74 Å². The molecule has 0 radical (unpaired) electrons. The van der Waals surface area contributed by atoms with Gasteiger partial charge in [0.15, 0.2) is 5.41 Å². The molecule has 1 unspecified atom stereocenters. The van der Waals surface area contributed by atoms with Crippen LogP contribution in [0.25, 0.3) is 0 Å². The first-order valence-electron chi connectivity index (χ1n) is 6.86. The molecule has 0 aliphatic heterocycles. The molecule has 0 spiro atoms.